The summed E-state index contributed by atoms with van der Waals surface area (Å²) in [5, 5.41) is 11.1. The van der Waals surface area contributed by atoms with Crippen LogP contribution in [0.15, 0.2) is 66.8 Å². The fourth-order valence-corrected chi connectivity index (χ4v) is 4.41. The third-order valence-electron chi connectivity index (χ3n) is 6.20. The molecule has 1 amide bonds. The molecule has 184 valence electrons. The summed E-state index contributed by atoms with van der Waals surface area (Å²) in [4.78, 5) is 29.9. The van der Waals surface area contributed by atoms with Crippen molar-refractivity contribution in [1.82, 2.24) is 9.80 Å². The Balaban J connectivity index is 1.63. The molecule has 1 unspecified atom stereocenters. The second-order valence-electron chi connectivity index (χ2n) is 8.48. The van der Waals surface area contributed by atoms with Gasteiger partial charge in [0, 0.05) is 31.7 Å². The highest BCUT2D eigenvalue weighted by atomic mass is 19.1. The molecule has 0 aromatic heterocycles. The van der Waals surface area contributed by atoms with Crippen LogP contribution in [-0.2, 0) is 14.3 Å². The van der Waals surface area contributed by atoms with Crippen LogP contribution in [0.25, 0.3) is 5.76 Å². The van der Waals surface area contributed by atoms with Crippen molar-refractivity contribution in [3.63, 3.8) is 0 Å². The number of hydrogen-bond acceptors (Lipinski definition) is 6. The number of morpholine rings is 1. The number of amides is 1. The Morgan fingerprint density at radius 3 is 2.43 bits per heavy atom. The number of hydrogen-bond donors (Lipinski definition) is 1. The van der Waals surface area contributed by atoms with E-state index in [0.717, 1.165) is 19.6 Å². The van der Waals surface area contributed by atoms with E-state index in [1.54, 1.807) is 42.5 Å². The van der Waals surface area contributed by atoms with E-state index in [9.17, 15) is 19.1 Å². The molecule has 2 fully saturated rings. The predicted octanol–water partition coefficient (Wildman–Crippen LogP) is 3.53. The van der Waals surface area contributed by atoms with Gasteiger partial charge in [-0.15, -0.1) is 0 Å². The quantitative estimate of drug-likeness (QED) is 0.256. The van der Waals surface area contributed by atoms with E-state index in [2.05, 4.69) is 11.5 Å². The van der Waals surface area contributed by atoms with Crippen molar-refractivity contribution in [3.05, 3.63) is 83.7 Å². The lowest BCUT2D eigenvalue weighted by atomic mass is 9.95. The van der Waals surface area contributed by atoms with E-state index in [1.165, 1.54) is 17.0 Å². The van der Waals surface area contributed by atoms with E-state index in [0.29, 0.717) is 49.7 Å². The van der Waals surface area contributed by atoms with Crippen LogP contribution < -0.4 is 4.74 Å². The summed E-state index contributed by atoms with van der Waals surface area (Å²) >= 11 is 0. The van der Waals surface area contributed by atoms with Gasteiger partial charge in [0.2, 0.25) is 0 Å². The highest BCUT2D eigenvalue weighted by Crippen LogP contribution is 2.39. The smallest absolute Gasteiger partial charge is 0.295 e. The van der Waals surface area contributed by atoms with Crippen LogP contribution >= 0.6 is 0 Å². The number of rotatable bonds is 9. The molecule has 1 atom stereocenters. The zero-order chi connectivity index (χ0) is 24.8. The molecule has 2 saturated heterocycles. The van der Waals surface area contributed by atoms with Crippen LogP contribution in [0.4, 0.5) is 4.39 Å². The Bertz CT molecular complexity index is 1090. The SMILES string of the molecule is C=CCOc1ccc(/C(O)=C2\C(=O)C(=O)N(CCCN3CCOCC3)C2c2ccc(F)cc2)cc1. The normalized spacial score (nSPS) is 20.3. The van der Waals surface area contributed by atoms with Gasteiger partial charge in [-0.25, -0.2) is 4.39 Å². The fraction of sp³-hybridized carbons (Fsp3) is 0.333. The lowest BCUT2D eigenvalue weighted by Crippen LogP contribution is -2.38. The van der Waals surface area contributed by atoms with Crippen LogP contribution in [0.1, 0.15) is 23.6 Å². The lowest BCUT2D eigenvalue weighted by Gasteiger charge is -2.29. The number of Topliss-reactive ketones (excluding diaryl/α,β-unsaturated/α-hetero) is 1. The monoisotopic (exact) mass is 480 g/mol. The molecule has 1 N–H and O–H groups in total. The van der Waals surface area contributed by atoms with Gasteiger partial charge in [-0.1, -0.05) is 24.8 Å². The van der Waals surface area contributed by atoms with E-state index in [-0.39, 0.29) is 11.3 Å². The minimum Gasteiger partial charge on any atom is -0.507 e. The number of carbonyl (C=O) groups excluding carboxylic acids is 2. The Hall–Kier alpha value is -3.49. The number of aliphatic hydroxyl groups excluding tert-OH is 1. The van der Waals surface area contributed by atoms with Gasteiger partial charge in [-0.05, 0) is 48.4 Å². The van der Waals surface area contributed by atoms with Crippen LogP contribution in [0.2, 0.25) is 0 Å². The molecule has 2 aromatic rings. The highest BCUT2D eigenvalue weighted by molar-refractivity contribution is 6.46. The van der Waals surface area contributed by atoms with Crippen molar-refractivity contribution >= 4 is 17.4 Å². The average molecular weight is 481 g/mol. The van der Waals surface area contributed by atoms with E-state index < -0.39 is 23.5 Å². The fourth-order valence-electron chi connectivity index (χ4n) is 4.41. The minimum atomic E-state index is -0.808. The molecular weight excluding hydrogens is 451 g/mol. The van der Waals surface area contributed by atoms with Gasteiger partial charge in [-0.2, -0.15) is 0 Å². The standard InChI is InChI=1S/C27H29FN2O5/c1-2-16-35-22-10-6-20(7-11-22)25(31)23-24(19-4-8-21(28)9-5-19)30(27(33)26(23)32)13-3-12-29-14-17-34-18-15-29/h2,4-11,24,31H,1,3,12-18H2/b25-23+. The Labute approximate surface area is 204 Å². The van der Waals surface area contributed by atoms with Gasteiger partial charge >= 0.3 is 0 Å². The summed E-state index contributed by atoms with van der Waals surface area (Å²) in [6.07, 6.45) is 2.28. The molecule has 2 aliphatic heterocycles. The predicted molar refractivity (Wildman–Crippen MR) is 129 cm³/mol. The molecule has 0 radical (unpaired) electrons. The third kappa shape index (κ3) is 5.61. The molecule has 7 nitrogen and oxygen atoms in total. The number of benzene rings is 2. The Kier molecular flexibility index (Phi) is 7.94. The number of halogens is 1. The maximum absolute atomic E-state index is 13.6. The lowest BCUT2D eigenvalue weighted by molar-refractivity contribution is -0.140. The Morgan fingerprint density at radius 1 is 1.09 bits per heavy atom. The number of ether oxygens (including phenoxy) is 2. The molecule has 8 heteroatoms. The van der Waals surface area contributed by atoms with Crippen molar-refractivity contribution in [2.45, 2.75) is 12.5 Å². The first-order valence-electron chi connectivity index (χ1n) is 11.7. The number of nitrogens with zero attached hydrogens (tertiary/aromatic N) is 2. The second-order valence-corrected chi connectivity index (χ2v) is 8.48. The van der Waals surface area contributed by atoms with Crippen molar-refractivity contribution in [3.8, 4) is 5.75 Å². The molecule has 2 aliphatic rings. The molecule has 35 heavy (non-hydrogen) atoms. The minimum absolute atomic E-state index is 0.00672. The first-order valence-corrected chi connectivity index (χ1v) is 11.7. The van der Waals surface area contributed by atoms with Crippen molar-refractivity contribution in [1.29, 1.82) is 0 Å². The summed E-state index contributed by atoms with van der Waals surface area (Å²) < 4.78 is 24.5. The number of ketones is 1. The zero-order valence-corrected chi connectivity index (χ0v) is 19.5. The van der Waals surface area contributed by atoms with Gasteiger partial charge in [0.1, 0.15) is 23.9 Å². The van der Waals surface area contributed by atoms with Gasteiger partial charge in [0.05, 0.1) is 24.8 Å². The van der Waals surface area contributed by atoms with Crippen molar-refractivity contribution in [2.24, 2.45) is 0 Å². The van der Waals surface area contributed by atoms with Crippen molar-refractivity contribution in [2.75, 3.05) is 46.0 Å². The topological polar surface area (TPSA) is 79.3 Å². The summed E-state index contributed by atoms with van der Waals surface area (Å²) in [5.41, 5.74) is 0.937. The first-order chi connectivity index (χ1) is 17.0. The van der Waals surface area contributed by atoms with E-state index in [4.69, 9.17) is 9.47 Å². The Morgan fingerprint density at radius 2 is 1.77 bits per heavy atom. The average Bonchev–Trinajstić information content (AvgIpc) is 3.13. The van der Waals surface area contributed by atoms with Crippen LogP contribution in [-0.4, -0.2) is 72.6 Å². The summed E-state index contributed by atoms with van der Waals surface area (Å²) in [6.45, 7) is 8.04. The molecule has 0 aliphatic carbocycles. The second kappa shape index (κ2) is 11.3. The summed E-state index contributed by atoms with van der Waals surface area (Å²) in [6, 6.07) is 11.4. The highest BCUT2D eigenvalue weighted by Gasteiger charge is 2.45. The molecule has 0 spiro atoms. The van der Waals surface area contributed by atoms with Crippen molar-refractivity contribution < 1.29 is 28.6 Å². The summed E-state index contributed by atoms with van der Waals surface area (Å²) in [7, 11) is 0. The third-order valence-corrected chi connectivity index (χ3v) is 6.20. The molecule has 2 heterocycles. The van der Waals surface area contributed by atoms with Crippen LogP contribution in [0, 0.1) is 5.82 Å². The van der Waals surface area contributed by atoms with Gasteiger partial charge in [0.25, 0.3) is 11.7 Å². The molecule has 2 aromatic carbocycles. The van der Waals surface area contributed by atoms with E-state index in [1.807, 2.05) is 0 Å². The largest absolute Gasteiger partial charge is 0.507 e. The van der Waals surface area contributed by atoms with Gasteiger partial charge in [0.15, 0.2) is 0 Å². The van der Waals surface area contributed by atoms with Crippen LogP contribution in [0.3, 0.4) is 0 Å². The van der Waals surface area contributed by atoms with Gasteiger partial charge < -0.3 is 19.5 Å². The number of likely N-dealkylation sites (tertiary alicyclic amines) is 1. The molecule has 0 bridgehead atoms. The maximum Gasteiger partial charge on any atom is 0.295 e. The first kappa shape index (κ1) is 24.6. The number of carbonyl (C=O) groups is 2. The zero-order valence-electron chi connectivity index (χ0n) is 19.5. The maximum atomic E-state index is 13.6. The molecular formula is C27H29FN2O5. The number of aliphatic hydroxyl groups is 1. The molecule has 4 rings (SSSR count). The molecule has 0 saturated carbocycles. The van der Waals surface area contributed by atoms with E-state index >= 15 is 0 Å². The van der Waals surface area contributed by atoms with Crippen LogP contribution in [0.5, 0.6) is 5.75 Å². The van der Waals surface area contributed by atoms with Gasteiger partial charge in [-0.3, -0.25) is 14.5 Å². The summed E-state index contributed by atoms with van der Waals surface area (Å²) in [5.74, 6) is -1.54.